The Kier molecular flexibility index (Phi) is 2.76. The monoisotopic (exact) mass is 281 g/mol. The fourth-order valence-electron chi connectivity index (χ4n) is 1.96. The highest BCUT2D eigenvalue weighted by atomic mass is 79.9. The average Bonchev–Trinajstić information content (AvgIpc) is 2.56. The van der Waals surface area contributed by atoms with Crippen molar-refractivity contribution in [3.63, 3.8) is 0 Å². The molecule has 0 unspecified atom stereocenters. The van der Waals surface area contributed by atoms with Gasteiger partial charge in [0.05, 0.1) is 11.6 Å². The van der Waals surface area contributed by atoms with Crippen molar-refractivity contribution in [1.29, 1.82) is 0 Å². The summed E-state index contributed by atoms with van der Waals surface area (Å²) in [5, 5.41) is 0.893. The summed E-state index contributed by atoms with van der Waals surface area (Å²) in [5.74, 6) is 0.784. The third kappa shape index (κ3) is 1.53. The Balaban J connectivity index is 2.89. The van der Waals surface area contributed by atoms with Crippen molar-refractivity contribution in [3.05, 3.63) is 27.9 Å². The Hall–Kier alpha value is -1.29. The van der Waals surface area contributed by atoms with Crippen molar-refractivity contribution in [2.45, 2.75) is 13.8 Å². The molecule has 0 amide bonds. The van der Waals surface area contributed by atoms with Gasteiger partial charge in [0, 0.05) is 22.2 Å². The van der Waals surface area contributed by atoms with E-state index in [1.54, 1.807) is 14.0 Å². The topological polar surface area (TPSA) is 42.1 Å². The number of ketones is 1. The molecule has 1 aromatic heterocycles. The summed E-state index contributed by atoms with van der Waals surface area (Å²) < 4.78 is 6.05. The lowest BCUT2D eigenvalue weighted by Gasteiger charge is -2.04. The number of hydrogen-bond acceptors (Lipinski definition) is 2. The third-order valence-corrected chi connectivity index (χ3v) is 3.41. The highest BCUT2D eigenvalue weighted by molar-refractivity contribution is 9.10. The standard InChI is InChI=1S/C12H12BrNO2/c1-6-10(7(2)15)11-8(14-6)4-5-9(16-3)12(11)13/h4-5,14H,1-3H3. The zero-order valence-corrected chi connectivity index (χ0v) is 10.9. The molecule has 3 nitrogen and oxygen atoms in total. The van der Waals surface area contributed by atoms with Gasteiger partial charge in [0.2, 0.25) is 0 Å². The first kappa shape index (κ1) is 11.2. The van der Waals surface area contributed by atoms with Crippen molar-refractivity contribution >= 4 is 32.6 Å². The number of aromatic amines is 1. The molecule has 0 spiro atoms. The van der Waals surface area contributed by atoms with E-state index >= 15 is 0 Å². The SMILES string of the molecule is COc1ccc2[nH]c(C)c(C(C)=O)c2c1Br. The van der Waals surface area contributed by atoms with Gasteiger partial charge in [-0.15, -0.1) is 0 Å². The predicted octanol–water partition coefficient (Wildman–Crippen LogP) is 3.45. The summed E-state index contributed by atoms with van der Waals surface area (Å²) in [5.41, 5.74) is 2.55. The minimum absolute atomic E-state index is 0.0534. The van der Waals surface area contributed by atoms with Crippen molar-refractivity contribution in [3.8, 4) is 5.75 Å². The van der Waals surface area contributed by atoms with E-state index < -0.39 is 0 Å². The zero-order chi connectivity index (χ0) is 11.9. The molecule has 1 heterocycles. The van der Waals surface area contributed by atoms with Crippen LogP contribution in [0.25, 0.3) is 10.9 Å². The Bertz CT molecular complexity index is 572. The fourth-order valence-corrected chi connectivity index (χ4v) is 2.66. The minimum Gasteiger partial charge on any atom is -0.496 e. The van der Waals surface area contributed by atoms with Crippen molar-refractivity contribution in [2.24, 2.45) is 0 Å². The molecular formula is C12H12BrNO2. The summed E-state index contributed by atoms with van der Waals surface area (Å²) in [4.78, 5) is 14.8. The first-order valence-electron chi connectivity index (χ1n) is 4.92. The zero-order valence-electron chi connectivity index (χ0n) is 9.35. The molecule has 0 saturated heterocycles. The van der Waals surface area contributed by atoms with Gasteiger partial charge in [0.1, 0.15) is 5.75 Å². The summed E-state index contributed by atoms with van der Waals surface area (Å²) in [7, 11) is 1.61. The third-order valence-electron chi connectivity index (χ3n) is 2.63. The quantitative estimate of drug-likeness (QED) is 0.857. The Morgan fingerprint density at radius 3 is 2.69 bits per heavy atom. The number of rotatable bonds is 2. The van der Waals surface area contributed by atoms with Crippen LogP contribution in [0.4, 0.5) is 0 Å². The van der Waals surface area contributed by atoms with Crippen LogP contribution in [0.5, 0.6) is 5.75 Å². The van der Waals surface area contributed by atoms with Crippen molar-refractivity contribution in [2.75, 3.05) is 7.11 Å². The number of ether oxygens (including phenoxy) is 1. The van der Waals surface area contributed by atoms with E-state index in [4.69, 9.17) is 4.74 Å². The molecule has 0 saturated carbocycles. The molecule has 4 heteroatoms. The van der Waals surface area contributed by atoms with Gasteiger partial charge in [0.15, 0.2) is 5.78 Å². The maximum atomic E-state index is 11.6. The van der Waals surface area contributed by atoms with Crippen LogP contribution in [0.2, 0.25) is 0 Å². The van der Waals surface area contributed by atoms with Gasteiger partial charge in [-0.1, -0.05) is 0 Å². The Morgan fingerprint density at radius 2 is 2.12 bits per heavy atom. The Morgan fingerprint density at radius 1 is 1.44 bits per heavy atom. The molecule has 0 aliphatic carbocycles. The van der Waals surface area contributed by atoms with Crippen LogP contribution in [-0.4, -0.2) is 17.9 Å². The van der Waals surface area contributed by atoms with Crippen LogP contribution in [0, 0.1) is 6.92 Å². The van der Waals surface area contributed by atoms with E-state index in [0.717, 1.165) is 32.4 Å². The smallest absolute Gasteiger partial charge is 0.162 e. The van der Waals surface area contributed by atoms with Gasteiger partial charge < -0.3 is 9.72 Å². The van der Waals surface area contributed by atoms with Gasteiger partial charge in [0.25, 0.3) is 0 Å². The molecule has 16 heavy (non-hydrogen) atoms. The number of halogens is 1. The number of fused-ring (bicyclic) bond motifs is 1. The van der Waals surface area contributed by atoms with Gasteiger partial charge in [-0.2, -0.15) is 0 Å². The molecule has 0 aliphatic rings. The summed E-state index contributed by atoms with van der Waals surface area (Å²) in [6.45, 7) is 3.47. The number of aryl methyl sites for hydroxylation is 1. The molecule has 0 bridgehead atoms. The molecule has 0 fully saturated rings. The van der Waals surface area contributed by atoms with Crippen LogP contribution in [0.1, 0.15) is 23.0 Å². The number of carbonyl (C=O) groups excluding carboxylic acids is 1. The van der Waals surface area contributed by atoms with E-state index in [1.165, 1.54) is 0 Å². The van der Waals surface area contributed by atoms with E-state index in [2.05, 4.69) is 20.9 Å². The number of benzene rings is 1. The lowest BCUT2D eigenvalue weighted by atomic mass is 10.1. The molecule has 1 N–H and O–H groups in total. The number of carbonyl (C=O) groups is 1. The van der Waals surface area contributed by atoms with Crippen molar-refractivity contribution < 1.29 is 9.53 Å². The molecule has 0 aliphatic heterocycles. The second kappa shape index (κ2) is 3.94. The first-order chi connectivity index (χ1) is 7.56. The normalized spacial score (nSPS) is 10.8. The lowest BCUT2D eigenvalue weighted by Crippen LogP contribution is -1.94. The Labute approximate surface area is 102 Å². The maximum Gasteiger partial charge on any atom is 0.162 e. The second-order valence-electron chi connectivity index (χ2n) is 3.69. The minimum atomic E-state index is 0.0534. The maximum absolute atomic E-state index is 11.6. The molecular weight excluding hydrogens is 270 g/mol. The molecule has 84 valence electrons. The van der Waals surface area contributed by atoms with Crippen LogP contribution in [-0.2, 0) is 0 Å². The number of hydrogen-bond donors (Lipinski definition) is 1. The molecule has 0 radical (unpaired) electrons. The summed E-state index contributed by atoms with van der Waals surface area (Å²) in [6, 6.07) is 3.78. The van der Waals surface area contributed by atoms with Gasteiger partial charge in [-0.25, -0.2) is 0 Å². The van der Waals surface area contributed by atoms with Crippen LogP contribution in [0.3, 0.4) is 0 Å². The van der Waals surface area contributed by atoms with Crippen LogP contribution in [0.15, 0.2) is 16.6 Å². The fraction of sp³-hybridized carbons (Fsp3) is 0.250. The molecule has 2 rings (SSSR count). The van der Waals surface area contributed by atoms with E-state index in [0.29, 0.717) is 0 Å². The molecule has 0 atom stereocenters. The predicted molar refractivity (Wildman–Crippen MR) is 67.3 cm³/mol. The average molecular weight is 282 g/mol. The second-order valence-corrected chi connectivity index (χ2v) is 4.48. The van der Waals surface area contributed by atoms with E-state index in [9.17, 15) is 4.79 Å². The number of nitrogens with one attached hydrogen (secondary N) is 1. The van der Waals surface area contributed by atoms with Crippen LogP contribution >= 0.6 is 15.9 Å². The highest BCUT2D eigenvalue weighted by Crippen LogP contribution is 2.36. The largest absolute Gasteiger partial charge is 0.496 e. The number of Topliss-reactive ketones (excluding diaryl/α,β-unsaturated/α-hetero) is 1. The van der Waals surface area contributed by atoms with E-state index in [1.807, 2.05) is 19.1 Å². The number of methoxy groups -OCH3 is 1. The number of H-pyrrole nitrogens is 1. The highest BCUT2D eigenvalue weighted by Gasteiger charge is 2.17. The molecule has 1 aromatic carbocycles. The summed E-state index contributed by atoms with van der Waals surface area (Å²) in [6.07, 6.45) is 0. The van der Waals surface area contributed by atoms with E-state index in [-0.39, 0.29) is 5.78 Å². The van der Waals surface area contributed by atoms with Gasteiger partial charge in [-0.3, -0.25) is 4.79 Å². The first-order valence-corrected chi connectivity index (χ1v) is 5.71. The number of aromatic nitrogens is 1. The lowest BCUT2D eigenvalue weighted by molar-refractivity contribution is 0.101. The summed E-state index contributed by atoms with van der Waals surface area (Å²) >= 11 is 3.48. The van der Waals surface area contributed by atoms with Crippen molar-refractivity contribution in [1.82, 2.24) is 4.98 Å². The molecule has 2 aromatic rings. The van der Waals surface area contributed by atoms with Crippen LogP contribution < -0.4 is 4.74 Å². The van der Waals surface area contributed by atoms with Gasteiger partial charge >= 0.3 is 0 Å². The van der Waals surface area contributed by atoms with Gasteiger partial charge in [-0.05, 0) is 41.9 Å².